The number of carbonyl (C=O) groups excluding carboxylic acids is 1. The van der Waals surface area contributed by atoms with Crippen molar-refractivity contribution in [2.75, 3.05) is 42.9 Å². The van der Waals surface area contributed by atoms with Gasteiger partial charge in [0.15, 0.2) is 11.6 Å². The molecule has 3 rings (SSSR count). The summed E-state index contributed by atoms with van der Waals surface area (Å²) in [6.07, 6.45) is 0.286. The number of amides is 1. The highest BCUT2D eigenvalue weighted by Gasteiger charge is 2.22. The van der Waals surface area contributed by atoms with E-state index in [0.29, 0.717) is 12.2 Å². The number of halogens is 3. The number of para-hydroxylation sites is 1. The Morgan fingerprint density at radius 3 is 2.42 bits per heavy atom. The van der Waals surface area contributed by atoms with Gasteiger partial charge in [-0.3, -0.25) is 4.79 Å². The minimum Gasteiger partial charge on any atom is -0.358 e. The molecule has 2 N–H and O–H groups in total. The highest BCUT2D eigenvalue weighted by Crippen LogP contribution is 2.18. The van der Waals surface area contributed by atoms with E-state index >= 15 is 0 Å². The SMILES string of the molecule is O=C(CC[NH+]1CCN(c2ccccc2F)CC1)Nc1ccc(F)c(F)c1. The number of rotatable bonds is 5. The maximum atomic E-state index is 13.8. The van der Waals surface area contributed by atoms with Gasteiger partial charge in [0, 0.05) is 11.8 Å². The van der Waals surface area contributed by atoms with Gasteiger partial charge in [0.1, 0.15) is 5.82 Å². The Kier molecular flexibility index (Phi) is 5.78. The lowest BCUT2D eigenvalue weighted by molar-refractivity contribution is -0.900. The Labute approximate surface area is 150 Å². The van der Waals surface area contributed by atoms with Crippen LogP contribution in [-0.2, 0) is 4.79 Å². The fourth-order valence-electron chi connectivity index (χ4n) is 3.11. The zero-order valence-electron chi connectivity index (χ0n) is 14.3. The van der Waals surface area contributed by atoms with E-state index in [9.17, 15) is 18.0 Å². The number of quaternary nitrogens is 1. The topological polar surface area (TPSA) is 36.8 Å². The Hall–Kier alpha value is -2.54. The van der Waals surface area contributed by atoms with Gasteiger partial charge in [0.05, 0.1) is 44.8 Å². The summed E-state index contributed by atoms with van der Waals surface area (Å²) in [6.45, 7) is 3.71. The second-order valence-electron chi connectivity index (χ2n) is 6.37. The molecule has 0 bridgehead atoms. The van der Waals surface area contributed by atoms with E-state index in [1.54, 1.807) is 12.1 Å². The van der Waals surface area contributed by atoms with Crippen LogP contribution in [0.2, 0.25) is 0 Å². The molecule has 0 aliphatic carbocycles. The van der Waals surface area contributed by atoms with E-state index < -0.39 is 11.6 Å². The zero-order chi connectivity index (χ0) is 18.5. The monoisotopic (exact) mass is 364 g/mol. The molecule has 1 saturated heterocycles. The van der Waals surface area contributed by atoms with Crippen LogP contribution < -0.4 is 15.1 Å². The van der Waals surface area contributed by atoms with Gasteiger partial charge in [-0.2, -0.15) is 0 Å². The van der Waals surface area contributed by atoms with Crippen LogP contribution in [0.3, 0.4) is 0 Å². The minimum atomic E-state index is -0.988. The number of hydrogen-bond donors (Lipinski definition) is 2. The van der Waals surface area contributed by atoms with Gasteiger partial charge < -0.3 is 15.1 Å². The molecule has 0 unspecified atom stereocenters. The number of nitrogens with zero attached hydrogens (tertiary/aromatic N) is 1. The Morgan fingerprint density at radius 2 is 1.73 bits per heavy atom. The molecule has 0 atom stereocenters. The predicted molar refractivity (Wildman–Crippen MR) is 93.8 cm³/mol. The quantitative estimate of drug-likeness (QED) is 0.850. The Balaban J connectivity index is 1.44. The summed E-state index contributed by atoms with van der Waals surface area (Å²) in [5.41, 5.74) is 0.857. The Morgan fingerprint density at radius 1 is 1.00 bits per heavy atom. The first-order chi connectivity index (χ1) is 12.5. The molecule has 0 spiro atoms. The summed E-state index contributed by atoms with van der Waals surface area (Å²) in [7, 11) is 0. The summed E-state index contributed by atoms with van der Waals surface area (Å²) in [5.74, 6) is -2.39. The molecule has 1 aliphatic rings. The molecule has 0 saturated carbocycles. The van der Waals surface area contributed by atoms with Gasteiger partial charge >= 0.3 is 0 Å². The van der Waals surface area contributed by atoms with Crippen molar-refractivity contribution < 1.29 is 22.9 Å². The molecular formula is C19H21F3N3O+. The molecule has 0 aromatic heterocycles. The van der Waals surface area contributed by atoms with Crippen LogP contribution in [0.5, 0.6) is 0 Å². The van der Waals surface area contributed by atoms with Gasteiger partial charge in [0.2, 0.25) is 5.91 Å². The highest BCUT2D eigenvalue weighted by atomic mass is 19.2. The first kappa shape index (κ1) is 18.3. The highest BCUT2D eigenvalue weighted by molar-refractivity contribution is 5.90. The minimum absolute atomic E-state index is 0.221. The molecule has 1 aliphatic heterocycles. The largest absolute Gasteiger partial charge is 0.358 e. The van der Waals surface area contributed by atoms with Crippen LogP contribution in [0.15, 0.2) is 42.5 Å². The Bertz CT molecular complexity index is 776. The number of anilines is 2. The van der Waals surface area contributed by atoms with Crippen molar-refractivity contribution in [2.45, 2.75) is 6.42 Å². The number of benzene rings is 2. The van der Waals surface area contributed by atoms with Crippen molar-refractivity contribution in [1.29, 1.82) is 0 Å². The van der Waals surface area contributed by atoms with Crippen molar-refractivity contribution in [3.8, 4) is 0 Å². The van der Waals surface area contributed by atoms with Crippen molar-refractivity contribution >= 4 is 17.3 Å². The third-order valence-electron chi connectivity index (χ3n) is 4.57. The van der Waals surface area contributed by atoms with Gasteiger partial charge in [-0.1, -0.05) is 12.1 Å². The number of piperazine rings is 1. The lowest BCUT2D eigenvalue weighted by atomic mass is 10.2. The van der Waals surface area contributed by atoms with Gasteiger partial charge in [-0.15, -0.1) is 0 Å². The van der Waals surface area contributed by atoms with E-state index in [2.05, 4.69) is 5.32 Å². The normalized spacial score (nSPS) is 15.1. The van der Waals surface area contributed by atoms with Gasteiger partial charge in [0.25, 0.3) is 0 Å². The van der Waals surface area contributed by atoms with E-state index in [0.717, 1.165) is 38.3 Å². The summed E-state index contributed by atoms with van der Waals surface area (Å²) >= 11 is 0. The van der Waals surface area contributed by atoms with Crippen LogP contribution in [0.1, 0.15) is 6.42 Å². The molecule has 4 nitrogen and oxygen atoms in total. The summed E-state index contributed by atoms with van der Waals surface area (Å²) in [4.78, 5) is 15.3. The van der Waals surface area contributed by atoms with Crippen molar-refractivity contribution in [1.82, 2.24) is 0 Å². The second-order valence-corrected chi connectivity index (χ2v) is 6.37. The van der Waals surface area contributed by atoms with Crippen molar-refractivity contribution in [3.63, 3.8) is 0 Å². The number of hydrogen-bond acceptors (Lipinski definition) is 2. The first-order valence-corrected chi connectivity index (χ1v) is 8.61. The van der Waals surface area contributed by atoms with Crippen molar-refractivity contribution in [3.05, 3.63) is 59.9 Å². The lowest BCUT2D eigenvalue weighted by Crippen LogP contribution is -3.15. The lowest BCUT2D eigenvalue weighted by Gasteiger charge is -2.33. The maximum absolute atomic E-state index is 13.8. The maximum Gasteiger partial charge on any atom is 0.230 e. The average Bonchev–Trinajstić information content (AvgIpc) is 2.64. The first-order valence-electron chi connectivity index (χ1n) is 8.61. The van der Waals surface area contributed by atoms with Gasteiger partial charge in [-0.05, 0) is 24.3 Å². The molecule has 0 radical (unpaired) electrons. The van der Waals surface area contributed by atoms with E-state index in [1.165, 1.54) is 17.0 Å². The third kappa shape index (κ3) is 4.54. The van der Waals surface area contributed by atoms with Crippen molar-refractivity contribution in [2.24, 2.45) is 0 Å². The molecule has 138 valence electrons. The predicted octanol–water partition coefficient (Wildman–Crippen LogP) is 1.84. The smallest absolute Gasteiger partial charge is 0.230 e. The summed E-state index contributed by atoms with van der Waals surface area (Å²) < 4.78 is 39.9. The third-order valence-corrected chi connectivity index (χ3v) is 4.57. The standard InChI is InChI=1S/C19H20F3N3O/c20-15-6-5-14(13-17(15)22)23-19(26)7-8-24-9-11-25(12-10-24)18-4-2-1-3-16(18)21/h1-6,13H,7-12H2,(H,23,26)/p+1. The van der Waals surface area contributed by atoms with Crippen LogP contribution in [0, 0.1) is 17.5 Å². The molecule has 7 heteroatoms. The second kappa shape index (κ2) is 8.23. The zero-order valence-corrected chi connectivity index (χ0v) is 14.3. The molecule has 1 heterocycles. The molecule has 1 amide bonds. The average molecular weight is 364 g/mol. The van der Waals surface area contributed by atoms with E-state index in [4.69, 9.17) is 0 Å². The fraction of sp³-hybridized carbons (Fsp3) is 0.316. The summed E-state index contributed by atoms with van der Waals surface area (Å²) in [6, 6.07) is 10.0. The number of nitrogens with one attached hydrogen (secondary N) is 2. The molecule has 26 heavy (non-hydrogen) atoms. The molecule has 2 aromatic carbocycles. The van der Waals surface area contributed by atoms with Gasteiger partial charge in [-0.25, -0.2) is 13.2 Å². The molecular weight excluding hydrogens is 343 g/mol. The van der Waals surface area contributed by atoms with E-state index in [-0.39, 0.29) is 23.8 Å². The van der Waals surface area contributed by atoms with Crippen LogP contribution in [-0.4, -0.2) is 38.6 Å². The summed E-state index contributed by atoms with van der Waals surface area (Å²) in [5, 5.41) is 2.57. The number of carbonyl (C=O) groups is 1. The molecule has 1 fully saturated rings. The van der Waals surface area contributed by atoms with E-state index in [1.807, 2.05) is 11.0 Å². The fourth-order valence-corrected chi connectivity index (χ4v) is 3.11. The van der Waals surface area contributed by atoms with Crippen LogP contribution in [0.25, 0.3) is 0 Å². The molecule has 2 aromatic rings. The van der Waals surface area contributed by atoms with Crippen LogP contribution in [0.4, 0.5) is 24.5 Å². The van der Waals surface area contributed by atoms with Crippen LogP contribution >= 0.6 is 0 Å².